The van der Waals surface area contributed by atoms with Crippen molar-refractivity contribution in [2.75, 3.05) is 23.3 Å². The van der Waals surface area contributed by atoms with Gasteiger partial charge in [-0.2, -0.15) is 0 Å². The number of hydrogen-bond donors (Lipinski definition) is 1. The molecule has 1 fully saturated rings. The molecule has 1 amide bonds. The normalized spacial score (nSPS) is 14.3. The van der Waals surface area contributed by atoms with E-state index in [-0.39, 0.29) is 10.9 Å². The van der Waals surface area contributed by atoms with Crippen molar-refractivity contribution >= 4 is 55.8 Å². The molecule has 7 heteroatoms. The fourth-order valence-electron chi connectivity index (χ4n) is 3.84. The highest BCUT2D eigenvalue weighted by molar-refractivity contribution is 9.10. The van der Waals surface area contributed by atoms with Crippen LogP contribution >= 0.6 is 27.5 Å². The summed E-state index contributed by atoms with van der Waals surface area (Å²) in [5, 5.41) is 3.78. The zero-order valence-electron chi connectivity index (χ0n) is 15.9. The van der Waals surface area contributed by atoms with E-state index in [2.05, 4.69) is 26.1 Å². The van der Waals surface area contributed by atoms with E-state index in [1.807, 2.05) is 25.1 Å². The number of nitrogens with one attached hydrogen (secondary N) is 1. The minimum Gasteiger partial charge on any atom is -0.356 e. The maximum absolute atomic E-state index is 13.7. The molecule has 1 N–H and O–H groups in total. The zero-order valence-corrected chi connectivity index (χ0v) is 18.3. The van der Waals surface area contributed by atoms with Crippen molar-refractivity contribution in [3.63, 3.8) is 0 Å². The van der Waals surface area contributed by atoms with Gasteiger partial charge in [-0.05, 0) is 62.6 Å². The highest BCUT2D eigenvalue weighted by atomic mass is 79.9. The quantitative estimate of drug-likeness (QED) is 0.480. The van der Waals surface area contributed by atoms with Gasteiger partial charge in [0, 0.05) is 39.2 Å². The molecule has 1 aliphatic rings. The highest BCUT2D eigenvalue weighted by Gasteiger charge is 2.23. The van der Waals surface area contributed by atoms with Gasteiger partial charge in [-0.15, -0.1) is 0 Å². The summed E-state index contributed by atoms with van der Waals surface area (Å²) in [5.74, 6) is 0.0238. The molecule has 0 aliphatic carbocycles. The van der Waals surface area contributed by atoms with Crippen LogP contribution in [0.15, 0.2) is 40.9 Å². The Balaban J connectivity index is 1.83. The molecule has 1 saturated heterocycles. The Morgan fingerprint density at radius 3 is 2.66 bits per heavy atom. The fourth-order valence-corrected chi connectivity index (χ4v) is 4.43. The number of anilines is 2. The lowest BCUT2D eigenvalue weighted by Crippen LogP contribution is -2.31. The second kappa shape index (κ2) is 8.28. The summed E-state index contributed by atoms with van der Waals surface area (Å²) in [5.41, 5.74) is 2.43. The van der Waals surface area contributed by atoms with Crippen LogP contribution in [0.1, 0.15) is 35.2 Å². The summed E-state index contributed by atoms with van der Waals surface area (Å²) < 4.78 is 14.6. The largest absolute Gasteiger partial charge is 0.356 e. The number of rotatable bonds is 3. The van der Waals surface area contributed by atoms with Gasteiger partial charge in [-0.3, -0.25) is 4.79 Å². The number of amides is 1. The second-order valence-electron chi connectivity index (χ2n) is 7.26. The van der Waals surface area contributed by atoms with Crippen molar-refractivity contribution in [3.8, 4) is 0 Å². The molecule has 0 unspecified atom stereocenters. The molecular weight excluding hydrogens is 457 g/mol. The summed E-state index contributed by atoms with van der Waals surface area (Å²) in [6.45, 7) is 3.78. The summed E-state index contributed by atoms with van der Waals surface area (Å²) in [7, 11) is 0. The summed E-state index contributed by atoms with van der Waals surface area (Å²) in [6, 6.07) is 9.70. The molecule has 29 heavy (non-hydrogen) atoms. The van der Waals surface area contributed by atoms with Crippen molar-refractivity contribution in [2.24, 2.45) is 0 Å². The fraction of sp³-hybridized carbons (Fsp3) is 0.273. The predicted molar refractivity (Wildman–Crippen MR) is 120 cm³/mol. The number of fused-ring (bicyclic) bond motifs is 1. The number of aromatic nitrogens is 1. The minimum absolute atomic E-state index is 0.230. The number of halogens is 3. The van der Waals surface area contributed by atoms with E-state index in [1.165, 1.54) is 24.6 Å². The number of benzene rings is 2. The van der Waals surface area contributed by atoms with E-state index in [0.29, 0.717) is 11.3 Å². The molecule has 150 valence electrons. The van der Waals surface area contributed by atoms with Crippen LogP contribution in [0.25, 0.3) is 10.9 Å². The Bertz CT molecular complexity index is 1080. The summed E-state index contributed by atoms with van der Waals surface area (Å²) in [6.07, 6.45) is 3.44. The van der Waals surface area contributed by atoms with E-state index >= 15 is 0 Å². The van der Waals surface area contributed by atoms with Gasteiger partial charge in [0.05, 0.1) is 11.1 Å². The van der Waals surface area contributed by atoms with Crippen molar-refractivity contribution in [3.05, 3.63) is 62.8 Å². The molecule has 0 bridgehead atoms. The van der Waals surface area contributed by atoms with Crippen LogP contribution in [-0.4, -0.2) is 24.0 Å². The van der Waals surface area contributed by atoms with Crippen LogP contribution in [0.3, 0.4) is 0 Å². The van der Waals surface area contributed by atoms with Gasteiger partial charge in [0.2, 0.25) is 0 Å². The first-order chi connectivity index (χ1) is 13.9. The molecular formula is C22H20BrClFN3O. The lowest BCUT2D eigenvalue weighted by molar-refractivity contribution is 0.102. The van der Waals surface area contributed by atoms with Crippen molar-refractivity contribution in [2.45, 2.75) is 26.2 Å². The monoisotopic (exact) mass is 475 g/mol. The molecule has 3 aromatic rings. The standard InChI is InChI=1S/C22H20BrClFN3O/c1-13-20(22(29)26-17-11-15(24)10-16(25)12-17)18-9-14(23)5-6-19(18)27-21(13)28-7-3-2-4-8-28/h5-6,9-12H,2-4,7-8H2,1H3,(H,26,29). The minimum atomic E-state index is -0.499. The molecule has 2 heterocycles. The second-order valence-corrected chi connectivity index (χ2v) is 8.61. The van der Waals surface area contributed by atoms with Crippen molar-refractivity contribution < 1.29 is 9.18 Å². The number of hydrogen-bond acceptors (Lipinski definition) is 3. The molecule has 0 atom stereocenters. The van der Waals surface area contributed by atoms with Gasteiger partial charge in [-0.25, -0.2) is 9.37 Å². The summed E-state index contributed by atoms with van der Waals surface area (Å²) >= 11 is 9.42. The van der Waals surface area contributed by atoms with E-state index in [0.717, 1.165) is 52.7 Å². The number of pyridine rings is 1. The third kappa shape index (κ3) is 4.23. The van der Waals surface area contributed by atoms with Crippen LogP contribution < -0.4 is 10.2 Å². The van der Waals surface area contributed by atoms with Gasteiger partial charge in [0.15, 0.2) is 0 Å². The maximum atomic E-state index is 13.7. The topological polar surface area (TPSA) is 45.2 Å². The predicted octanol–water partition coefficient (Wildman–Crippen LogP) is 6.34. The Morgan fingerprint density at radius 2 is 1.93 bits per heavy atom. The number of nitrogens with zero attached hydrogens (tertiary/aromatic N) is 2. The van der Waals surface area contributed by atoms with Crippen LogP contribution in [-0.2, 0) is 0 Å². The van der Waals surface area contributed by atoms with Crippen molar-refractivity contribution in [1.29, 1.82) is 0 Å². The first-order valence-corrected chi connectivity index (χ1v) is 10.7. The SMILES string of the molecule is Cc1c(N2CCCCC2)nc2ccc(Br)cc2c1C(=O)Nc1cc(F)cc(Cl)c1. The molecule has 0 spiro atoms. The average molecular weight is 477 g/mol. The summed E-state index contributed by atoms with van der Waals surface area (Å²) in [4.78, 5) is 20.4. The van der Waals surface area contributed by atoms with Gasteiger partial charge < -0.3 is 10.2 Å². The average Bonchev–Trinajstić information content (AvgIpc) is 2.67. The highest BCUT2D eigenvalue weighted by Crippen LogP contribution is 2.32. The Morgan fingerprint density at radius 1 is 1.17 bits per heavy atom. The zero-order chi connectivity index (χ0) is 20.5. The molecule has 2 aromatic carbocycles. The lowest BCUT2D eigenvalue weighted by Gasteiger charge is -2.30. The Kier molecular flexibility index (Phi) is 5.74. The van der Waals surface area contributed by atoms with Gasteiger partial charge in [-0.1, -0.05) is 27.5 Å². The smallest absolute Gasteiger partial charge is 0.256 e. The maximum Gasteiger partial charge on any atom is 0.256 e. The van der Waals surface area contributed by atoms with Gasteiger partial charge in [0.25, 0.3) is 5.91 Å². The molecule has 4 nitrogen and oxygen atoms in total. The Labute approximate surface area is 182 Å². The molecule has 1 aromatic heterocycles. The third-order valence-corrected chi connectivity index (χ3v) is 5.88. The van der Waals surface area contributed by atoms with E-state index < -0.39 is 5.82 Å². The van der Waals surface area contributed by atoms with E-state index in [4.69, 9.17) is 16.6 Å². The van der Waals surface area contributed by atoms with Crippen LogP contribution in [0.4, 0.5) is 15.9 Å². The number of piperidine rings is 1. The van der Waals surface area contributed by atoms with E-state index in [9.17, 15) is 9.18 Å². The lowest BCUT2D eigenvalue weighted by atomic mass is 10.0. The van der Waals surface area contributed by atoms with Gasteiger partial charge >= 0.3 is 0 Å². The molecule has 1 aliphatic heterocycles. The van der Waals surface area contributed by atoms with E-state index in [1.54, 1.807) is 0 Å². The molecule has 4 rings (SSSR count). The van der Waals surface area contributed by atoms with Gasteiger partial charge in [0.1, 0.15) is 11.6 Å². The van der Waals surface area contributed by atoms with Crippen molar-refractivity contribution in [1.82, 2.24) is 4.98 Å². The first-order valence-electron chi connectivity index (χ1n) is 9.54. The number of carbonyl (C=O) groups is 1. The van der Waals surface area contributed by atoms with Crippen LogP contribution in [0, 0.1) is 12.7 Å². The molecule has 0 saturated carbocycles. The van der Waals surface area contributed by atoms with Crippen LogP contribution in [0.2, 0.25) is 5.02 Å². The Hall–Kier alpha value is -2.18. The first kappa shape index (κ1) is 20.1. The number of carbonyl (C=O) groups excluding carboxylic acids is 1. The third-order valence-electron chi connectivity index (χ3n) is 5.17. The van der Waals surface area contributed by atoms with Crippen LogP contribution in [0.5, 0.6) is 0 Å². The molecule has 0 radical (unpaired) electrons.